The maximum Gasteiger partial charge on any atom is 0.233 e. The van der Waals surface area contributed by atoms with E-state index in [1.165, 1.54) is 18.5 Å². The number of likely N-dealkylation sites (N-methyl/N-ethyl adjacent to an activating group) is 1. The Labute approximate surface area is 182 Å². The van der Waals surface area contributed by atoms with Crippen molar-refractivity contribution in [3.05, 3.63) is 60.2 Å². The highest BCUT2D eigenvalue weighted by atomic mass is 16.2. The van der Waals surface area contributed by atoms with Crippen molar-refractivity contribution in [2.24, 2.45) is 0 Å². The first-order chi connectivity index (χ1) is 15.2. The molecule has 1 saturated heterocycles. The van der Waals surface area contributed by atoms with Crippen LogP contribution in [0.25, 0.3) is 11.4 Å². The molecule has 160 valence electrons. The Kier molecular flexibility index (Phi) is 5.40. The highest BCUT2D eigenvalue weighted by Gasteiger charge is 2.32. The van der Waals surface area contributed by atoms with Crippen LogP contribution in [0.2, 0.25) is 0 Å². The first-order valence-corrected chi connectivity index (χ1v) is 11.1. The van der Waals surface area contributed by atoms with Crippen LogP contribution in [0.5, 0.6) is 0 Å². The van der Waals surface area contributed by atoms with Gasteiger partial charge in [0.25, 0.3) is 0 Å². The standard InChI is InChI=1S/C24H28N6O/c1-28(17-18-6-8-20(9-7-18)29-14-2-3-15-29)24(31)21-5-4-16-30-22(26-27-23(21)30)19-10-12-25-13-11-19/h6-13,21H,2-5,14-17H2,1H3. The molecule has 4 heterocycles. The SMILES string of the molecule is CN(Cc1ccc(N2CCCC2)cc1)C(=O)C1CCCn2c(-c3ccncc3)nnc21. The van der Waals surface area contributed by atoms with Crippen molar-refractivity contribution >= 4 is 11.6 Å². The minimum Gasteiger partial charge on any atom is -0.372 e. The van der Waals surface area contributed by atoms with E-state index in [-0.39, 0.29) is 11.8 Å². The Hall–Kier alpha value is -3.22. The molecule has 0 radical (unpaired) electrons. The minimum absolute atomic E-state index is 0.109. The summed E-state index contributed by atoms with van der Waals surface area (Å²) < 4.78 is 2.10. The van der Waals surface area contributed by atoms with Crippen molar-refractivity contribution < 1.29 is 4.79 Å². The summed E-state index contributed by atoms with van der Waals surface area (Å²) in [5.74, 6) is 1.46. The smallest absolute Gasteiger partial charge is 0.233 e. The third kappa shape index (κ3) is 3.92. The van der Waals surface area contributed by atoms with Crippen LogP contribution in [0.4, 0.5) is 5.69 Å². The monoisotopic (exact) mass is 416 g/mol. The molecule has 2 aromatic heterocycles. The van der Waals surface area contributed by atoms with Crippen LogP contribution in [0.1, 0.15) is 43.0 Å². The van der Waals surface area contributed by atoms with Crippen LogP contribution in [0, 0.1) is 0 Å². The highest BCUT2D eigenvalue weighted by Crippen LogP contribution is 2.31. The van der Waals surface area contributed by atoms with Crippen LogP contribution < -0.4 is 4.90 Å². The van der Waals surface area contributed by atoms with Crippen molar-refractivity contribution in [2.75, 3.05) is 25.0 Å². The lowest BCUT2D eigenvalue weighted by atomic mass is 9.97. The van der Waals surface area contributed by atoms with Gasteiger partial charge >= 0.3 is 0 Å². The second-order valence-electron chi connectivity index (χ2n) is 8.52. The highest BCUT2D eigenvalue weighted by molar-refractivity contribution is 5.83. The molecule has 7 heteroatoms. The normalized spacial score (nSPS) is 18.1. The molecule has 0 aliphatic carbocycles. The number of hydrogen-bond acceptors (Lipinski definition) is 5. The Morgan fingerprint density at radius 3 is 2.48 bits per heavy atom. The van der Waals surface area contributed by atoms with E-state index in [0.29, 0.717) is 6.54 Å². The Bertz CT molecular complexity index is 1040. The number of hydrogen-bond donors (Lipinski definition) is 0. The molecule has 3 aromatic rings. The van der Waals surface area contributed by atoms with Crippen molar-refractivity contribution in [3.8, 4) is 11.4 Å². The number of carbonyl (C=O) groups is 1. The summed E-state index contributed by atoms with van der Waals surface area (Å²) in [4.78, 5) is 21.6. The third-order valence-electron chi connectivity index (χ3n) is 6.41. The van der Waals surface area contributed by atoms with E-state index in [1.807, 2.05) is 24.1 Å². The molecule has 1 amide bonds. The van der Waals surface area contributed by atoms with Gasteiger partial charge in [0.1, 0.15) is 5.82 Å². The van der Waals surface area contributed by atoms with Gasteiger partial charge < -0.3 is 14.4 Å². The lowest BCUT2D eigenvalue weighted by Gasteiger charge is -2.27. The van der Waals surface area contributed by atoms with Gasteiger partial charge in [0.15, 0.2) is 5.82 Å². The van der Waals surface area contributed by atoms with Crippen LogP contribution in [0.15, 0.2) is 48.8 Å². The maximum atomic E-state index is 13.3. The molecule has 1 fully saturated rings. The number of fused-ring (bicyclic) bond motifs is 1. The summed E-state index contributed by atoms with van der Waals surface area (Å²) in [6, 6.07) is 12.5. The van der Waals surface area contributed by atoms with E-state index >= 15 is 0 Å². The molecule has 0 saturated carbocycles. The summed E-state index contributed by atoms with van der Waals surface area (Å²) in [7, 11) is 1.88. The van der Waals surface area contributed by atoms with Gasteiger partial charge in [-0.3, -0.25) is 9.78 Å². The molecule has 0 bridgehead atoms. The largest absolute Gasteiger partial charge is 0.372 e. The van der Waals surface area contributed by atoms with Gasteiger partial charge in [-0.25, -0.2) is 0 Å². The summed E-state index contributed by atoms with van der Waals surface area (Å²) in [6.07, 6.45) is 7.81. The van der Waals surface area contributed by atoms with E-state index < -0.39 is 0 Å². The minimum atomic E-state index is -0.245. The van der Waals surface area contributed by atoms with E-state index in [9.17, 15) is 4.79 Å². The zero-order valence-electron chi connectivity index (χ0n) is 17.9. The van der Waals surface area contributed by atoms with Gasteiger partial charge in [0.05, 0.1) is 5.92 Å². The van der Waals surface area contributed by atoms with Crippen molar-refractivity contribution in [1.29, 1.82) is 0 Å². The Morgan fingerprint density at radius 1 is 1.00 bits per heavy atom. The first kappa shape index (κ1) is 19.7. The molecule has 7 nitrogen and oxygen atoms in total. The third-order valence-corrected chi connectivity index (χ3v) is 6.41. The number of aromatic nitrogens is 4. The van der Waals surface area contributed by atoms with E-state index in [4.69, 9.17) is 0 Å². The van der Waals surface area contributed by atoms with Crippen LogP contribution in [0.3, 0.4) is 0 Å². The van der Waals surface area contributed by atoms with Crippen molar-refractivity contribution in [1.82, 2.24) is 24.6 Å². The second kappa shape index (κ2) is 8.49. The van der Waals surface area contributed by atoms with E-state index in [1.54, 1.807) is 12.4 Å². The van der Waals surface area contributed by atoms with Crippen LogP contribution >= 0.6 is 0 Å². The average molecular weight is 417 g/mol. The predicted molar refractivity (Wildman–Crippen MR) is 120 cm³/mol. The lowest BCUT2D eigenvalue weighted by Crippen LogP contribution is -2.34. The molecule has 0 N–H and O–H groups in total. The summed E-state index contributed by atoms with van der Waals surface area (Å²) in [5.41, 5.74) is 3.40. The lowest BCUT2D eigenvalue weighted by molar-refractivity contribution is -0.132. The van der Waals surface area contributed by atoms with Gasteiger partial charge in [-0.05, 0) is 55.5 Å². The first-order valence-electron chi connectivity index (χ1n) is 11.1. The molecule has 1 atom stereocenters. The number of rotatable bonds is 5. The average Bonchev–Trinajstić information content (AvgIpc) is 3.50. The van der Waals surface area contributed by atoms with Crippen LogP contribution in [-0.4, -0.2) is 50.7 Å². The van der Waals surface area contributed by atoms with Gasteiger partial charge in [0.2, 0.25) is 5.91 Å². The van der Waals surface area contributed by atoms with E-state index in [2.05, 4.69) is 48.9 Å². The molecular weight excluding hydrogens is 388 g/mol. The summed E-state index contributed by atoms with van der Waals surface area (Å²) >= 11 is 0. The Morgan fingerprint density at radius 2 is 1.74 bits per heavy atom. The number of amides is 1. The Balaban J connectivity index is 1.30. The molecule has 0 spiro atoms. The van der Waals surface area contributed by atoms with Gasteiger partial charge in [-0.1, -0.05) is 12.1 Å². The van der Waals surface area contributed by atoms with Gasteiger partial charge in [-0.15, -0.1) is 10.2 Å². The van der Waals surface area contributed by atoms with Gasteiger partial charge in [-0.2, -0.15) is 0 Å². The van der Waals surface area contributed by atoms with E-state index in [0.717, 1.165) is 55.3 Å². The molecule has 5 rings (SSSR count). The summed E-state index contributed by atoms with van der Waals surface area (Å²) in [6.45, 7) is 3.72. The number of anilines is 1. The molecule has 1 unspecified atom stereocenters. The maximum absolute atomic E-state index is 13.3. The molecule has 1 aromatic carbocycles. The topological polar surface area (TPSA) is 67.2 Å². The van der Waals surface area contributed by atoms with Crippen molar-refractivity contribution in [2.45, 2.75) is 44.7 Å². The number of pyridine rings is 1. The predicted octanol–water partition coefficient (Wildman–Crippen LogP) is 3.48. The molecule has 2 aliphatic rings. The molecule has 31 heavy (non-hydrogen) atoms. The fraction of sp³-hybridized carbons (Fsp3) is 0.417. The zero-order chi connectivity index (χ0) is 21.2. The second-order valence-corrected chi connectivity index (χ2v) is 8.52. The summed E-state index contributed by atoms with van der Waals surface area (Å²) in [5, 5.41) is 8.82. The quantitative estimate of drug-likeness (QED) is 0.637. The fourth-order valence-corrected chi connectivity index (χ4v) is 4.73. The molecular formula is C24H28N6O. The number of nitrogens with zero attached hydrogens (tertiary/aromatic N) is 6. The fourth-order valence-electron chi connectivity index (χ4n) is 4.73. The van der Waals surface area contributed by atoms with Gasteiger partial charge in [0, 0.05) is 56.9 Å². The molecule has 2 aliphatic heterocycles. The number of carbonyl (C=O) groups excluding carboxylic acids is 1. The number of benzene rings is 1. The van der Waals surface area contributed by atoms with Crippen LogP contribution in [-0.2, 0) is 17.9 Å². The zero-order valence-corrected chi connectivity index (χ0v) is 17.9. The van der Waals surface area contributed by atoms with Crippen molar-refractivity contribution in [3.63, 3.8) is 0 Å².